The molecule has 1 amide bonds. The topological polar surface area (TPSA) is 46.3 Å². The van der Waals surface area contributed by atoms with Gasteiger partial charge in [-0.3, -0.25) is 4.79 Å². The molecule has 0 heterocycles. The summed E-state index contributed by atoms with van der Waals surface area (Å²) in [5.74, 6) is -0.727. The number of anilines is 1. The maximum atomic E-state index is 13.6. The number of amides is 1. The van der Waals surface area contributed by atoms with Crippen LogP contribution in [-0.2, 0) is 0 Å². The Morgan fingerprint density at radius 2 is 1.90 bits per heavy atom. The molecule has 3 nitrogen and oxygen atoms in total. The van der Waals surface area contributed by atoms with Crippen LogP contribution in [-0.4, -0.2) is 17.9 Å². The van der Waals surface area contributed by atoms with E-state index in [-0.39, 0.29) is 16.5 Å². The first-order valence-corrected chi connectivity index (χ1v) is 6.75. The van der Waals surface area contributed by atoms with Crippen molar-refractivity contribution in [2.24, 2.45) is 5.73 Å². The van der Waals surface area contributed by atoms with Crippen molar-refractivity contribution >= 4 is 28.8 Å². The number of thiocarbonyl (C=S) groups is 1. The molecule has 0 atom stereocenters. The van der Waals surface area contributed by atoms with Gasteiger partial charge in [-0.15, -0.1) is 0 Å². The van der Waals surface area contributed by atoms with Crippen LogP contribution in [0, 0.1) is 12.7 Å². The monoisotopic (exact) mass is 302 g/mol. The van der Waals surface area contributed by atoms with Gasteiger partial charge in [-0.05, 0) is 36.8 Å². The molecular formula is C16H15FN2OS. The van der Waals surface area contributed by atoms with Crippen molar-refractivity contribution in [2.45, 2.75) is 6.92 Å². The van der Waals surface area contributed by atoms with E-state index in [4.69, 9.17) is 18.0 Å². The first-order valence-electron chi connectivity index (χ1n) is 6.35. The summed E-state index contributed by atoms with van der Waals surface area (Å²) in [6.07, 6.45) is 0. The summed E-state index contributed by atoms with van der Waals surface area (Å²) in [4.78, 5) is 14.1. The van der Waals surface area contributed by atoms with Crippen molar-refractivity contribution in [1.82, 2.24) is 0 Å². The molecule has 0 aliphatic carbocycles. The van der Waals surface area contributed by atoms with Crippen molar-refractivity contribution in [3.8, 4) is 0 Å². The van der Waals surface area contributed by atoms with Gasteiger partial charge in [0.15, 0.2) is 0 Å². The minimum atomic E-state index is -0.406. The van der Waals surface area contributed by atoms with Crippen LogP contribution < -0.4 is 10.6 Å². The molecule has 2 N–H and O–H groups in total. The number of carbonyl (C=O) groups excluding carboxylic acids is 1. The van der Waals surface area contributed by atoms with E-state index in [1.54, 1.807) is 50.4 Å². The summed E-state index contributed by atoms with van der Waals surface area (Å²) >= 11 is 4.99. The first-order chi connectivity index (χ1) is 9.91. The van der Waals surface area contributed by atoms with E-state index < -0.39 is 5.82 Å². The van der Waals surface area contributed by atoms with Gasteiger partial charge in [0.1, 0.15) is 10.8 Å². The second-order valence-electron chi connectivity index (χ2n) is 4.71. The van der Waals surface area contributed by atoms with Crippen molar-refractivity contribution in [1.29, 1.82) is 0 Å². The number of hydrogen-bond donors (Lipinski definition) is 1. The minimum absolute atomic E-state index is 0.209. The van der Waals surface area contributed by atoms with Gasteiger partial charge >= 0.3 is 0 Å². The predicted molar refractivity (Wildman–Crippen MR) is 86.2 cm³/mol. The molecule has 0 unspecified atom stereocenters. The zero-order valence-electron chi connectivity index (χ0n) is 11.8. The van der Waals surface area contributed by atoms with Crippen molar-refractivity contribution in [3.05, 3.63) is 65.0 Å². The Labute approximate surface area is 128 Å². The van der Waals surface area contributed by atoms with E-state index in [2.05, 4.69) is 0 Å². The van der Waals surface area contributed by atoms with E-state index >= 15 is 0 Å². The molecular weight excluding hydrogens is 287 g/mol. The van der Waals surface area contributed by atoms with Gasteiger partial charge in [-0.1, -0.05) is 30.4 Å². The molecule has 0 aliphatic rings. The summed E-state index contributed by atoms with van der Waals surface area (Å²) in [5.41, 5.74) is 7.64. The lowest BCUT2D eigenvalue weighted by Crippen LogP contribution is -2.28. The Bertz CT molecular complexity index is 715. The van der Waals surface area contributed by atoms with Crippen LogP contribution in [0.2, 0.25) is 0 Å². The van der Waals surface area contributed by atoms with Crippen LogP contribution in [0.5, 0.6) is 0 Å². The van der Waals surface area contributed by atoms with Crippen LogP contribution >= 0.6 is 12.2 Å². The zero-order chi connectivity index (χ0) is 15.6. The summed E-state index contributed by atoms with van der Waals surface area (Å²) in [5, 5.41) is 0. The van der Waals surface area contributed by atoms with E-state index in [1.165, 1.54) is 11.0 Å². The van der Waals surface area contributed by atoms with Gasteiger partial charge in [0, 0.05) is 18.2 Å². The third kappa shape index (κ3) is 3.08. The fraction of sp³-hybridized carbons (Fsp3) is 0.125. The lowest BCUT2D eigenvalue weighted by atomic mass is 10.1. The molecule has 2 rings (SSSR count). The van der Waals surface area contributed by atoms with Gasteiger partial charge < -0.3 is 10.6 Å². The van der Waals surface area contributed by atoms with Gasteiger partial charge in [0.05, 0.1) is 5.69 Å². The van der Waals surface area contributed by atoms with Crippen LogP contribution in [0.4, 0.5) is 10.1 Å². The largest absolute Gasteiger partial charge is 0.389 e. The molecule has 0 radical (unpaired) electrons. The minimum Gasteiger partial charge on any atom is -0.389 e. The van der Waals surface area contributed by atoms with Crippen LogP contribution in [0.15, 0.2) is 42.5 Å². The van der Waals surface area contributed by atoms with Crippen LogP contribution in [0.1, 0.15) is 21.5 Å². The number of benzene rings is 2. The van der Waals surface area contributed by atoms with Gasteiger partial charge in [-0.25, -0.2) is 4.39 Å². The zero-order valence-corrected chi connectivity index (χ0v) is 12.6. The molecule has 21 heavy (non-hydrogen) atoms. The Hall–Kier alpha value is -2.27. The Kier molecular flexibility index (Phi) is 4.33. The SMILES string of the molecule is Cc1ccc(C(=O)N(C)c2ccccc2C(N)=S)cc1F. The smallest absolute Gasteiger partial charge is 0.258 e. The highest BCUT2D eigenvalue weighted by atomic mass is 32.1. The number of nitrogens with two attached hydrogens (primary N) is 1. The number of carbonyl (C=O) groups is 1. The summed E-state index contributed by atoms with van der Waals surface area (Å²) in [6.45, 7) is 1.65. The van der Waals surface area contributed by atoms with Crippen molar-refractivity contribution in [3.63, 3.8) is 0 Å². The Morgan fingerprint density at radius 3 is 2.52 bits per heavy atom. The Morgan fingerprint density at radius 1 is 1.24 bits per heavy atom. The molecule has 108 valence electrons. The number of hydrogen-bond acceptors (Lipinski definition) is 2. The number of aryl methyl sites for hydroxylation is 1. The van der Waals surface area contributed by atoms with E-state index in [0.717, 1.165) is 0 Å². The highest BCUT2D eigenvalue weighted by Gasteiger charge is 2.17. The Balaban J connectivity index is 2.40. The molecule has 5 heteroatoms. The highest BCUT2D eigenvalue weighted by Crippen LogP contribution is 2.21. The first kappa shape index (κ1) is 15.1. The number of halogens is 1. The summed E-state index contributed by atoms with van der Waals surface area (Å²) in [6, 6.07) is 11.5. The standard InChI is InChI=1S/C16H15FN2OS/c1-10-7-8-11(9-13(10)17)16(20)19(2)14-6-4-3-5-12(14)15(18)21/h3-9H,1-2H3,(H2,18,21). The number of para-hydroxylation sites is 1. The molecule has 0 bridgehead atoms. The quantitative estimate of drug-likeness (QED) is 0.886. The third-order valence-corrected chi connectivity index (χ3v) is 3.47. The number of rotatable bonds is 3. The molecule has 0 saturated carbocycles. The van der Waals surface area contributed by atoms with Crippen molar-refractivity contribution < 1.29 is 9.18 Å². The van der Waals surface area contributed by atoms with E-state index in [0.29, 0.717) is 16.8 Å². The lowest BCUT2D eigenvalue weighted by Gasteiger charge is -2.20. The normalized spacial score (nSPS) is 10.2. The summed E-state index contributed by atoms with van der Waals surface area (Å²) in [7, 11) is 1.61. The maximum absolute atomic E-state index is 13.6. The molecule has 0 spiro atoms. The molecule has 0 aromatic heterocycles. The fourth-order valence-corrected chi connectivity index (χ4v) is 2.18. The van der Waals surface area contributed by atoms with Gasteiger partial charge in [-0.2, -0.15) is 0 Å². The highest BCUT2D eigenvalue weighted by molar-refractivity contribution is 7.80. The maximum Gasteiger partial charge on any atom is 0.258 e. The summed E-state index contributed by atoms with van der Waals surface area (Å²) < 4.78 is 13.6. The van der Waals surface area contributed by atoms with Crippen molar-refractivity contribution in [2.75, 3.05) is 11.9 Å². The van der Waals surface area contributed by atoms with Gasteiger partial charge in [0.25, 0.3) is 5.91 Å². The fourth-order valence-electron chi connectivity index (χ4n) is 2.00. The molecule has 0 aliphatic heterocycles. The molecule has 0 saturated heterocycles. The lowest BCUT2D eigenvalue weighted by molar-refractivity contribution is 0.0992. The number of nitrogens with zero attached hydrogens (tertiary/aromatic N) is 1. The average molecular weight is 302 g/mol. The second-order valence-corrected chi connectivity index (χ2v) is 5.15. The van der Waals surface area contributed by atoms with Crippen LogP contribution in [0.3, 0.4) is 0 Å². The van der Waals surface area contributed by atoms with Crippen LogP contribution in [0.25, 0.3) is 0 Å². The molecule has 2 aromatic rings. The second kappa shape index (κ2) is 6.01. The van der Waals surface area contributed by atoms with E-state index in [1.807, 2.05) is 0 Å². The predicted octanol–water partition coefficient (Wildman–Crippen LogP) is 3.04. The van der Waals surface area contributed by atoms with Gasteiger partial charge in [0.2, 0.25) is 0 Å². The average Bonchev–Trinajstić information content (AvgIpc) is 2.48. The molecule has 2 aromatic carbocycles. The van der Waals surface area contributed by atoms with E-state index in [9.17, 15) is 9.18 Å². The third-order valence-electron chi connectivity index (χ3n) is 3.25. The molecule has 0 fully saturated rings.